The SMILES string of the molecule is Nc1ccc(C(=O)O)cc1OCc1c(Cl)cccc1Cl. The molecule has 0 fully saturated rings. The molecule has 0 unspecified atom stereocenters. The first-order valence-corrected chi connectivity index (χ1v) is 6.43. The number of rotatable bonds is 4. The highest BCUT2D eigenvalue weighted by atomic mass is 35.5. The molecule has 2 rings (SSSR count). The highest BCUT2D eigenvalue weighted by Gasteiger charge is 2.10. The van der Waals surface area contributed by atoms with Crippen molar-refractivity contribution in [2.75, 3.05) is 5.73 Å². The van der Waals surface area contributed by atoms with Crippen LogP contribution in [-0.4, -0.2) is 11.1 Å². The fraction of sp³-hybridized carbons (Fsp3) is 0.0714. The Balaban J connectivity index is 2.23. The summed E-state index contributed by atoms with van der Waals surface area (Å²) in [7, 11) is 0. The maximum absolute atomic E-state index is 10.9. The highest BCUT2D eigenvalue weighted by molar-refractivity contribution is 6.35. The Morgan fingerprint density at radius 3 is 2.45 bits per heavy atom. The third kappa shape index (κ3) is 3.15. The first-order valence-electron chi connectivity index (χ1n) is 5.67. The Hall–Kier alpha value is -1.91. The van der Waals surface area contributed by atoms with Gasteiger partial charge in [-0.2, -0.15) is 0 Å². The quantitative estimate of drug-likeness (QED) is 0.841. The molecule has 0 aromatic heterocycles. The van der Waals surface area contributed by atoms with E-state index in [0.717, 1.165) is 0 Å². The molecule has 0 atom stereocenters. The Kier molecular flexibility index (Phi) is 4.37. The number of nitrogen functional groups attached to an aromatic ring is 1. The first kappa shape index (κ1) is 14.5. The molecule has 0 aliphatic carbocycles. The van der Waals surface area contributed by atoms with Crippen molar-refractivity contribution in [3.05, 3.63) is 57.6 Å². The van der Waals surface area contributed by atoms with E-state index in [0.29, 0.717) is 21.3 Å². The molecule has 4 nitrogen and oxygen atoms in total. The highest BCUT2D eigenvalue weighted by Crippen LogP contribution is 2.28. The monoisotopic (exact) mass is 311 g/mol. The summed E-state index contributed by atoms with van der Waals surface area (Å²) in [5.41, 5.74) is 6.81. The van der Waals surface area contributed by atoms with Crippen LogP contribution in [0.2, 0.25) is 10.0 Å². The van der Waals surface area contributed by atoms with E-state index in [1.165, 1.54) is 18.2 Å². The van der Waals surface area contributed by atoms with Crippen molar-refractivity contribution < 1.29 is 14.6 Å². The number of carbonyl (C=O) groups is 1. The van der Waals surface area contributed by atoms with Gasteiger partial charge in [0.05, 0.1) is 11.3 Å². The van der Waals surface area contributed by atoms with Gasteiger partial charge in [0, 0.05) is 15.6 Å². The predicted molar refractivity (Wildman–Crippen MR) is 78.6 cm³/mol. The molecule has 0 amide bonds. The zero-order chi connectivity index (χ0) is 14.7. The van der Waals surface area contributed by atoms with Gasteiger partial charge in [-0.15, -0.1) is 0 Å². The summed E-state index contributed by atoms with van der Waals surface area (Å²) >= 11 is 12.1. The zero-order valence-electron chi connectivity index (χ0n) is 10.3. The second-order valence-corrected chi connectivity index (χ2v) is 4.86. The molecule has 0 aliphatic rings. The van der Waals surface area contributed by atoms with Crippen LogP contribution in [0.15, 0.2) is 36.4 Å². The average molecular weight is 312 g/mol. The van der Waals surface area contributed by atoms with Crippen LogP contribution in [0.1, 0.15) is 15.9 Å². The number of carboxylic acid groups (broad SMARTS) is 1. The van der Waals surface area contributed by atoms with Crippen LogP contribution < -0.4 is 10.5 Å². The average Bonchev–Trinajstić information content (AvgIpc) is 2.39. The molecule has 2 aromatic rings. The summed E-state index contributed by atoms with van der Waals surface area (Å²) in [4.78, 5) is 10.9. The van der Waals surface area contributed by atoms with E-state index >= 15 is 0 Å². The van der Waals surface area contributed by atoms with Gasteiger partial charge in [0.25, 0.3) is 0 Å². The normalized spacial score (nSPS) is 10.3. The van der Waals surface area contributed by atoms with Crippen molar-refractivity contribution in [2.24, 2.45) is 0 Å². The van der Waals surface area contributed by atoms with E-state index in [-0.39, 0.29) is 17.9 Å². The molecule has 0 heterocycles. The smallest absolute Gasteiger partial charge is 0.335 e. The number of aromatic carboxylic acids is 1. The lowest BCUT2D eigenvalue weighted by molar-refractivity contribution is 0.0696. The van der Waals surface area contributed by atoms with E-state index in [4.69, 9.17) is 38.8 Å². The topological polar surface area (TPSA) is 72.6 Å². The molecule has 0 bridgehead atoms. The van der Waals surface area contributed by atoms with Crippen molar-refractivity contribution in [2.45, 2.75) is 6.61 Å². The number of hydrogen-bond acceptors (Lipinski definition) is 3. The Morgan fingerprint density at radius 2 is 1.85 bits per heavy atom. The number of nitrogens with two attached hydrogens (primary N) is 1. The second-order valence-electron chi connectivity index (χ2n) is 4.05. The molecular formula is C14H11Cl2NO3. The van der Waals surface area contributed by atoms with Gasteiger partial charge in [-0.1, -0.05) is 29.3 Å². The molecule has 104 valence electrons. The van der Waals surface area contributed by atoms with Gasteiger partial charge in [-0.25, -0.2) is 4.79 Å². The van der Waals surface area contributed by atoms with Crippen LogP contribution in [0.4, 0.5) is 5.69 Å². The molecule has 0 spiro atoms. The Morgan fingerprint density at radius 1 is 1.20 bits per heavy atom. The number of ether oxygens (including phenoxy) is 1. The van der Waals surface area contributed by atoms with Gasteiger partial charge < -0.3 is 15.6 Å². The number of hydrogen-bond donors (Lipinski definition) is 2. The fourth-order valence-corrected chi connectivity index (χ4v) is 2.12. The molecule has 0 saturated heterocycles. The van der Waals surface area contributed by atoms with Crippen LogP contribution in [0.25, 0.3) is 0 Å². The van der Waals surface area contributed by atoms with Crippen LogP contribution >= 0.6 is 23.2 Å². The Labute approximate surface area is 125 Å². The van der Waals surface area contributed by atoms with Crippen molar-refractivity contribution in [1.82, 2.24) is 0 Å². The lowest BCUT2D eigenvalue weighted by atomic mass is 10.2. The van der Waals surface area contributed by atoms with E-state index in [1.54, 1.807) is 18.2 Å². The van der Waals surface area contributed by atoms with E-state index < -0.39 is 5.97 Å². The third-order valence-electron chi connectivity index (χ3n) is 2.69. The fourth-order valence-electron chi connectivity index (χ4n) is 1.61. The van der Waals surface area contributed by atoms with Crippen molar-refractivity contribution in [3.8, 4) is 5.75 Å². The summed E-state index contributed by atoms with van der Waals surface area (Å²) in [6.07, 6.45) is 0. The van der Waals surface area contributed by atoms with Crippen molar-refractivity contribution >= 4 is 34.9 Å². The lowest BCUT2D eigenvalue weighted by Gasteiger charge is -2.11. The van der Waals surface area contributed by atoms with Crippen molar-refractivity contribution in [1.29, 1.82) is 0 Å². The summed E-state index contributed by atoms with van der Waals surface area (Å²) in [6, 6.07) is 9.38. The minimum absolute atomic E-state index is 0.0967. The predicted octanol–water partition coefficient (Wildman–Crippen LogP) is 3.85. The Bertz CT molecular complexity index is 639. The molecule has 0 saturated carbocycles. The summed E-state index contributed by atoms with van der Waals surface area (Å²) in [5, 5.41) is 9.89. The van der Waals surface area contributed by atoms with Crippen LogP contribution in [-0.2, 0) is 6.61 Å². The first-order chi connectivity index (χ1) is 9.49. The number of anilines is 1. The van der Waals surface area contributed by atoms with Gasteiger partial charge >= 0.3 is 5.97 Å². The van der Waals surface area contributed by atoms with Crippen LogP contribution in [0.3, 0.4) is 0 Å². The number of carboxylic acids is 1. The minimum Gasteiger partial charge on any atom is -0.487 e. The van der Waals surface area contributed by atoms with E-state index in [1.807, 2.05) is 0 Å². The maximum Gasteiger partial charge on any atom is 0.335 e. The van der Waals surface area contributed by atoms with Crippen LogP contribution in [0.5, 0.6) is 5.75 Å². The molecule has 2 aromatic carbocycles. The molecule has 6 heteroatoms. The molecule has 0 radical (unpaired) electrons. The standard InChI is InChI=1S/C14H11Cl2NO3/c15-10-2-1-3-11(16)9(10)7-20-13-6-8(14(18)19)4-5-12(13)17/h1-6H,7,17H2,(H,18,19). The molecule has 3 N–H and O–H groups in total. The molecular weight excluding hydrogens is 301 g/mol. The van der Waals surface area contributed by atoms with Crippen LogP contribution in [0, 0.1) is 0 Å². The van der Waals surface area contributed by atoms with E-state index in [9.17, 15) is 4.79 Å². The third-order valence-corrected chi connectivity index (χ3v) is 3.40. The summed E-state index contributed by atoms with van der Waals surface area (Å²) < 4.78 is 5.52. The second kappa shape index (κ2) is 6.03. The molecule has 20 heavy (non-hydrogen) atoms. The van der Waals surface area contributed by atoms with Crippen molar-refractivity contribution in [3.63, 3.8) is 0 Å². The van der Waals surface area contributed by atoms with Gasteiger partial charge in [0.1, 0.15) is 12.4 Å². The summed E-state index contributed by atoms with van der Waals surface area (Å²) in [6.45, 7) is 0.103. The van der Waals surface area contributed by atoms with Gasteiger partial charge in [-0.05, 0) is 30.3 Å². The zero-order valence-corrected chi connectivity index (χ0v) is 11.8. The minimum atomic E-state index is -1.05. The molecule has 0 aliphatic heterocycles. The summed E-state index contributed by atoms with van der Waals surface area (Å²) in [5.74, 6) is -0.772. The lowest BCUT2D eigenvalue weighted by Crippen LogP contribution is -2.03. The van der Waals surface area contributed by atoms with Gasteiger partial charge in [0.2, 0.25) is 0 Å². The number of halogens is 2. The largest absolute Gasteiger partial charge is 0.487 e. The van der Waals surface area contributed by atoms with E-state index in [2.05, 4.69) is 0 Å². The number of benzene rings is 2. The maximum atomic E-state index is 10.9. The van der Waals surface area contributed by atoms with Gasteiger partial charge in [0.15, 0.2) is 0 Å². The van der Waals surface area contributed by atoms with Gasteiger partial charge in [-0.3, -0.25) is 0 Å².